The summed E-state index contributed by atoms with van der Waals surface area (Å²) in [6.07, 6.45) is -5.76. The van der Waals surface area contributed by atoms with Crippen LogP contribution in [0, 0.1) is 0 Å². The number of halogens is 6. The van der Waals surface area contributed by atoms with Gasteiger partial charge in [0.1, 0.15) is 6.42 Å². The highest BCUT2D eigenvalue weighted by molar-refractivity contribution is 6.34. The molecule has 10 heteroatoms. The zero-order chi connectivity index (χ0) is 23.3. The van der Waals surface area contributed by atoms with Crippen molar-refractivity contribution >= 4 is 34.8 Å². The maximum absolute atomic E-state index is 15.1. The largest absolute Gasteiger partial charge is 0.397 e. The van der Waals surface area contributed by atoms with Crippen LogP contribution < -0.4 is 0 Å². The Kier molecular flexibility index (Phi) is 5.66. The molecule has 170 valence electrons. The third-order valence-electron chi connectivity index (χ3n) is 5.66. The molecule has 1 amide bonds. The number of nitrogens with zero attached hydrogens (tertiary/aromatic N) is 2. The van der Waals surface area contributed by atoms with Gasteiger partial charge in [0.25, 0.3) is 0 Å². The van der Waals surface area contributed by atoms with Gasteiger partial charge >= 0.3 is 6.18 Å². The van der Waals surface area contributed by atoms with Crippen LogP contribution in [0.15, 0.2) is 47.6 Å². The molecule has 1 saturated heterocycles. The van der Waals surface area contributed by atoms with Crippen LogP contribution in [0.25, 0.3) is 0 Å². The van der Waals surface area contributed by atoms with Crippen molar-refractivity contribution in [2.24, 2.45) is 5.16 Å². The zero-order valence-electron chi connectivity index (χ0n) is 16.8. The molecule has 0 spiro atoms. The Morgan fingerprint density at radius 3 is 2.25 bits per heavy atom. The smallest absolute Gasteiger partial charge is 0.384 e. The lowest BCUT2D eigenvalue weighted by atomic mass is 9.85. The molecule has 0 aromatic heterocycles. The van der Waals surface area contributed by atoms with E-state index in [9.17, 15) is 18.0 Å². The quantitative estimate of drug-likeness (QED) is 0.495. The molecule has 0 bridgehead atoms. The first-order valence-electron chi connectivity index (χ1n) is 9.73. The molecule has 2 aliphatic rings. The van der Waals surface area contributed by atoms with Gasteiger partial charge in [0.2, 0.25) is 5.91 Å². The number of oxime groups is 1. The standard InChI is InChI=1S/C22H18Cl2F4N2O2/c1-20(15-6-16(23)8-17(24)7-15)9-18(29-32-20)13-2-4-14(5-3-13)21(25)11-30(12-21)19(31)10-22(26,27)28/h2-8H,9-12H2,1H3. The normalized spacial score (nSPS) is 22.2. The van der Waals surface area contributed by atoms with Crippen molar-refractivity contribution in [2.75, 3.05) is 13.1 Å². The van der Waals surface area contributed by atoms with E-state index in [-0.39, 0.29) is 0 Å². The van der Waals surface area contributed by atoms with E-state index in [2.05, 4.69) is 5.16 Å². The number of alkyl halides is 4. The van der Waals surface area contributed by atoms with Gasteiger partial charge in [-0.3, -0.25) is 4.79 Å². The van der Waals surface area contributed by atoms with Crippen molar-refractivity contribution in [2.45, 2.75) is 37.2 Å². The van der Waals surface area contributed by atoms with Gasteiger partial charge in [-0.2, -0.15) is 13.2 Å². The summed E-state index contributed by atoms with van der Waals surface area (Å²) in [5.74, 6) is -1.12. The van der Waals surface area contributed by atoms with Crippen molar-refractivity contribution in [1.29, 1.82) is 0 Å². The Morgan fingerprint density at radius 2 is 1.69 bits per heavy atom. The number of benzene rings is 2. The lowest BCUT2D eigenvalue weighted by Crippen LogP contribution is -2.59. The van der Waals surface area contributed by atoms with Gasteiger partial charge in [-0.15, -0.1) is 0 Å². The summed E-state index contributed by atoms with van der Waals surface area (Å²) in [6, 6.07) is 11.6. The summed E-state index contributed by atoms with van der Waals surface area (Å²) >= 11 is 12.2. The lowest BCUT2D eigenvalue weighted by molar-refractivity contribution is -0.171. The SMILES string of the molecule is CC1(c2cc(Cl)cc(Cl)c2)CC(c2ccc(C3(F)CN(C(=O)CC(F)(F)F)C3)cc2)=NO1. The highest BCUT2D eigenvalue weighted by atomic mass is 35.5. The maximum atomic E-state index is 15.1. The molecule has 1 unspecified atom stereocenters. The summed E-state index contributed by atoms with van der Waals surface area (Å²) in [6.45, 7) is 1.05. The molecule has 0 N–H and O–H groups in total. The molecular formula is C22H18Cl2F4N2O2. The molecule has 4 nitrogen and oxygen atoms in total. The van der Waals surface area contributed by atoms with E-state index in [0.29, 0.717) is 27.7 Å². The van der Waals surface area contributed by atoms with Crippen LogP contribution in [-0.2, 0) is 20.9 Å². The number of rotatable bonds is 4. The van der Waals surface area contributed by atoms with Crippen LogP contribution in [0.5, 0.6) is 0 Å². The maximum Gasteiger partial charge on any atom is 0.397 e. The Morgan fingerprint density at radius 1 is 1.09 bits per heavy atom. The molecule has 1 atom stereocenters. The number of amides is 1. The van der Waals surface area contributed by atoms with E-state index < -0.39 is 42.9 Å². The summed E-state index contributed by atoms with van der Waals surface area (Å²) < 4.78 is 52.1. The fraction of sp³-hybridized carbons (Fsp3) is 0.364. The van der Waals surface area contributed by atoms with Crippen LogP contribution in [0.4, 0.5) is 17.6 Å². The molecule has 0 aliphatic carbocycles. The minimum atomic E-state index is -4.61. The average molecular weight is 489 g/mol. The molecule has 1 fully saturated rings. The second kappa shape index (κ2) is 7.92. The first-order chi connectivity index (χ1) is 14.9. The molecule has 4 rings (SSSR count). The van der Waals surface area contributed by atoms with Crippen molar-refractivity contribution in [1.82, 2.24) is 4.90 Å². The summed E-state index contributed by atoms with van der Waals surface area (Å²) in [4.78, 5) is 18.1. The Labute approximate surface area is 191 Å². The second-order valence-electron chi connectivity index (χ2n) is 8.28. The van der Waals surface area contributed by atoms with Crippen molar-refractivity contribution in [3.8, 4) is 0 Å². The monoisotopic (exact) mass is 488 g/mol. The molecular weight excluding hydrogens is 471 g/mol. The molecule has 2 heterocycles. The van der Waals surface area contributed by atoms with Crippen LogP contribution in [0.2, 0.25) is 10.0 Å². The van der Waals surface area contributed by atoms with E-state index in [4.69, 9.17) is 28.0 Å². The molecule has 32 heavy (non-hydrogen) atoms. The highest BCUT2D eigenvalue weighted by Gasteiger charge is 2.49. The van der Waals surface area contributed by atoms with Gasteiger partial charge in [0.15, 0.2) is 11.3 Å². The number of carbonyl (C=O) groups excluding carboxylic acids is 1. The van der Waals surface area contributed by atoms with Crippen molar-refractivity contribution < 1.29 is 27.2 Å². The number of hydrogen-bond acceptors (Lipinski definition) is 3. The van der Waals surface area contributed by atoms with Crippen LogP contribution >= 0.6 is 23.2 Å². The van der Waals surface area contributed by atoms with Crippen molar-refractivity contribution in [3.05, 3.63) is 69.2 Å². The van der Waals surface area contributed by atoms with E-state index in [1.807, 2.05) is 6.92 Å². The highest BCUT2D eigenvalue weighted by Crippen LogP contribution is 2.40. The zero-order valence-corrected chi connectivity index (χ0v) is 18.4. The third kappa shape index (κ3) is 4.57. The lowest BCUT2D eigenvalue weighted by Gasteiger charge is -2.44. The van der Waals surface area contributed by atoms with Crippen LogP contribution in [0.3, 0.4) is 0 Å². The first-order valence-corrected chi connectivity index (χ1v) is 10.5. The number of likely N-dealkylation sites (tertiary alicyclic amines) is 1. The fourth-order valence-electron chi connectivity index (χ4n) is 3.87. The topological polar surface area (TPSA) is 41.9 Å². The van der Waals surface area contributed by atoms with Gasteiger partial charge in [-0.05, 0) is 36.2 Å². The summed E-state index contributed by atoms with van der Waals surface area (Å²) in [5.41, 5.74) is -0.207. The minimum absolute atomic E-state index is 0.293. The Bertz CT molecular complexity index is 1060. The fourth-order valence-corrected chi connectivity index (χ4v) is 4.40. The van der Waals surface area contributed by atoms with Crippen LogP contribution in [0.1, 0.15) is 36.5 Å². The number of hydrogen-bond donors (Lipinski definition) is 0. The molecule has 2 aromatic carbocycles. The van der Waals surface area contributed by atoms with Crippen molar-refractivity contribution in [3.63, 3.8) is 0 Å². The van der Waals surface area contributed by atoms with Gasteiger partial charge in [-0.25, -0.2) is 4.39 Å². The third-order valence-corrected chi connectivity index (χ3v) is 6.09. The minimum Gasteiger partial charge on any atom is -0.384 e. The Balaban J connectivity index is 1.42. The van der Waals surface area contributed by atoms with Gasteiger partial charge in [-0.1, -0.05) is 52.6 Å². The second-order valence-corrected chi connectivity index (χ2v) is 9.15. The van der Waals surface area contributed by atoms with E-state index in [1.54, 1.807) is 42.5 Å². The van der Waals surface area contributed by atoms with E-state index >= 15 is 4.39 Å². The van der Waals surface area contributed by atoms with Gasteiger partial charge in [0, 0.05) is 22.0 Å². The van der Waals surface area contributed by atoms with E-state index in [0.717, 1.165) is 16.0 Å². The average Bonchev–Trinajstić information content (AvgIpc) is 3.07. The van der Waals surface area contributed by atoms with Gasteiger partial charge in [0.05, 0.1) is 18.8 Å². The van der Waals surface area contributed by atoms with Crippen LogP contribution in [-0.4, -0.2) is 35.8 Å². The molecule has 0 saturated carbocycles. The van der Waals surface area contributed by atoms with E-state index in [1.165, 1.54) is 0 Å². The first kappa shape index (κ1) is 22.9. The molecule has 2 aliphatic heterocycles. The van der Waals surface area contributed by atoms with Gasteiger partial charge < -0.3 is 9.74 Å². The predicted octanol–water partition coefficient (Wildman–Crippen LogP) is 5.99. The Hall–Kier alpha value is -2.32. The summed E-state index contributed by atoms with van der Waals surface area (Å²) in [5, 5.41) is 5.12. The molecule has 0 radical (unpaired) electrons. The predicted molar refractivity (Wildman–Crippen MR) is 113 cm³/mol. The number of carbonyl (C=O) groups is 1. The molecule has 2 aromatic rings. The summed E-state index contributed by atoms with van der Waals surface area (Å²) in [7, 11) is 0.